The molecule has 35 heavy (non-hydrogen) atoms. The number of halogens is 1. The molecular formula is C25H27ClN2O7. The maximum absolute atomic E-state index is 11.1. The Morgan fingerprint density at radius 2 is 1.86 bits per heavy atom. The van der Waals surface area contributed by atoms with Crippen molar-refractivity contribution in [3.63, 3.8) is 0 Å². The van der Waals surface area contributed by atoms with Crippen molar-refractivity contribution in [1.29, 1.82) is 0 Å². The van der Waals surface area contributed by atoms with Crippen LogP contribution in [0.5, 0.6) is 5.75 Å². The molecule has 1 aliphatic rings. The lowest BCUT2D eigenvalue weighted by Crippen LogP contribution is -2.55. The number of carboxylic acid groups (broad SMARTS) is 1. The first-order valence-corrected chi connectivity index (χ1v) is 11.6. The molecule has 0 aliphatic carbocycles. The molecule has 0 bridgehead atoms. The van der Waals surface area contributed by atoms with Crippen molar-refractivity contribution in [2.24, 2.45) is 0 Å². The second-order valence-corrected chi connectivity index (χ2v) is 8.83. The average molecular weight is 503 g/mol. The minimum Gasteiger partial charge on any atom is -0.494 e. The summed E-state index contributed by atoms with van der Waals surface area (Å²) in [5.41, 5.74) is 2.40. The lowest BCUT2D eigenvalue weighted by Gasteiger charge is -2.41. The van der Waals surface area contributed by atoms with E-state index in [4.69, 9.17) is 26.2 Å². The Hall–Kier alpha value is -2.95. The number of aliphatic hydroxyl groups excluding tert-OH is 3. The van der Waals surface area contributed by atoms with E-state index in [-0.39, 0.29) is 12.1 Å². The fourth-order valence-electron chi connectivity index (χ4n) is 4.13. The van der Waals surface area contributed by atoms with Gasteiger partial charge in [-0.25, -0.2) is 4.79 Å². The first kappa shape index (κ1) is 25.2. The smallest absolute Gasteiger partial charge is 0.338 e. The molecule has 1 fully saturated rings. The predicted molar refractivity (Wildman–Crippen MR) is 127 cm³/mol. The Bertz CT molecular complexity index is 1170. The Kier molecular flexibility index (Phi) is 7.73. The second kappa shape index (κ2) is 10.8. The first-order chi connectivity index (χ1) is 16.8. The monoisotopic (exact) mass is 502 g/mol. The van der Waals surface area contributed by atoms with E-state index < -0.39 is 36.5 Å². The topological polar surface area (TPSA) is 134 Å². The van der Waals surface area contributed by atoms with Crippen molar-refractivity contribution in [3.05, 3.63) is 82.1 Å². The van der Waals surface area contributed by atoms with Crippen LogP contribution in [0.3, 0.4) is 0 Å². The van der Waals surface area contributed by atoms with Crippen LogP contribution in [0.15, 0.2) is 54.9 Å². The van der Waals surface area contributed by atoms with Crippen LogP contribution in [0, 0.1) is 0 Å². The van der Waals surface area contributed by atoms with Crippen LogP contribution < -0.4 is 4.74 Å². The van der Waals surface area contributed by atoms with Gasteiger partial charge in [0.15, 0.2) is 0 Å². The van der Waals surface area contributed by atoms with Gasteiger partial charge in [-0.3, -0.25) is 4.68 Å². The number of benzene rings is 2. The maximum Gasteiger partial charge on any atom is 0.338 e. The number of hydrogen-bond acceptors (Lipinski definition) is 7. The van der Waals surface area contributed by atoms with Crippen LogP contribution in [-0.4, -0.2) is 67.2 Å². The molecule has 1 saturated heterocycles. The average Bonchev–Trinajstić information content (AvgIpc) is 3.31. The highest BCUT2D eigenvalue weighted by Crippen LogP contribution is 2.35. The highest BCUT2D eigenvalue weighted by molar-refractivity contribution is 6.31. The van der Waals surface area contributed by atoms with Gasteiger partial charge in [0.05, 0.1) is 24.9 Å². The van der Waals surface area contributed by atoms with Gasteiger partial charge in [-0.05, 0) is 48.2 Å². The molecule has 4 N–H and O–H groups in total. The van der Waals surface area contributed by atoms with Crippen molar-refractivity contribution in [2.45, 2.75) is 50.4 Å². The van der Waals surface area contributed by atoms with Crippen LogP contribution in [0.25, 0.3) is 0 Å². The Balaban J connectivity index is 1.54. The second-order valence-electron chi connectivity index (χ2n) is 8.43. The van der Waals surface area contributed by atoms with Gasteiger partial charge < -0.3 is 29.9 Å². The van der Waals surface area contributed by atoms with E-state index in [9.17, 15) is 20.1 Å². The Morgan fingerprint density at radius 1 is 1.11 bits per heavy atom. The van der Waals surface area contributed by atoms with Gasteiger partial charge in [0.2, 0.25) is 0 Å². The summed E-state index contributed by atoms with van der Waals surface area (Å²) in [7, 11) is 0. The molecule has 0 radical (unpaired) electrons. The van der Waals surface area contributed by atoms with Gasteiger partial charge in [-0.15, -0.1) is 0 Å². The lowest BCUT2D eigenvalue weighted by molar-refractivity contribution is -0.228. The van der Waals surface area contributed by atoms with Gasteiger partial charge in [-0.1, -0.05) is 35.9 Å². The molecule has 1 aromatic heterocycles. The SMILES string of the molecule is CCOc1ccc(Cc2cc([C@@H]3O[C@H](Cn4cc(C(=O)O)cn4)[C@@H](O)[C@H](O)[C@H]3O)ccc2Cl)cc1. The van der Waals surface area contributed by atoms with Crippen molar-refractivity contribution in [2.75, 3.05) is 6.61 Å². The molecule has 5 atom stereocenters. The van der Waals surface area contributed by atoms with Crippen LogP contribution in [0.1, 0.15) is 40.1 Å². The summed E-state index contributed by atoms with van der Waals surface area (Å²) in [6, 6.07) is 12.9. The molecule has 9 nitrogen and oxygen atoms in total. The normalized spacial score (nSPS) is 24.3. The van der Waals surface area contributed by atoms with Gasteiger partial charge in [0, 0.05) is 11.2 Å². The summed E-state index contributed by atoms with van der Waals surface area (Å²) in [5, 5.41) is 45.3. The van der Waals surface area contributed by atoms with Crippen LogP contribution >= 0.6 is 11.6 Å². The van der Waals surface area contributed by atoms with Gasteiger partial charge in [-0.2, -0.15) is 5.10 Å². The number of ether oxygens (including phenoxy) is 2. The number of aromatic nitrogens is 2. The molecule has 2 aromatic carbocycles. The minimum atomic E-state index is -1.47. The molecule has 3 aromatic rings. The summed E-state index contributed by atoms with van der Waals surface area (Å²) < 4.78 is 12.8. The number of carbonyl (C=O) groups is 1. The van der Waals surface area contributed by atoms with Crippen molar-refractivity contribution >= 4 is 17.6 Å². The summed E-state index contributed by atoms with van der Waals surface area (Å²) >= 11 is 6.44. The highest BCUT2D eigenvalue weighted by Gasteiger charge is 2.44. The zero-order valence-corrected chi connectivity index (χ0v) is 19.7. The predicted octanol–water partition coefficient (Wildman–Crippen LogP) is 2.45. The number of hydrogen-bond donors (Lipinski definition) is 4. The molecule has 0 unspecified atom stereocenters. The van der Waals surface area contributed by atoms with E-state index in [0.29, 0.717) is 23.6 Å². The molecule has 2 heterocycles. The van der Waals surface area contributed by atoms with Crippen LogP contribution in [0.2, 0.25) is 5.02 Å². The number of aromatic carboxylic acids is 1. The van der Waals surface area contributed by atoms with Crippen LogP contribution in [0.4, 0.5) is 0 Å². The summed E-state index contributed by atoms with van der Waals surface area (Å²) in [4.78, 5) is 11.1. The van der Waals surface area contributed by atoms with E-state index in [2.05, 4.69) is 5.10 Å². The summed E-state index contributed by atoms with van der Waals surface area (Å²) in [5.74, 6) is -0.350. The van der Waals surface area contributed by atoms with E-state index in [1.165, 1.54) is 17.1 Å². The molecule has 4 rings (SSSR count). The van der Waals surface area contributed by atoms with E-state index in [0.717, 1.165) is 16.9 Å². The van der Waals surface area contributed by atoms with E-state index >= 15 is 0 Å². The third-order valence-electron chi connectivity index (χ3n) is 5.99. The maximum atomic E-state index is 11.1. The fraction of sp³-hybridized carbons (Fsp3) is 0.360. The van der Waals surface area contributed by atoms with Gasteiger partial charge >= 0.3 is 5.97 Å². The number of aliphatic hydroxyl groups is 3. The molecule has 0 spiro atoms. The molecule has 1 aliphatic heterocycles. The van der Waals surface area contributed by atoms with E-state index in [1.807, 2.05) is 37.3 Å². The number of nitrogens with zero attached hydrogens (tertiary/aromatic N) is 2. The zero-order valence-electron chi connectivity index (χ0n) is 19.0. The number of carboxylic acids is 1. The molecular weight excluding hydrogens is 476 g/mol. The van der Waals surface area contributed by atoms with E-state index in [1.54, 1.807) is 12.1 Å². The number of rotatable bonds is 8. The minimum absolute atomic E-state index is 0.0101. The summed E-state index contributed by atoms with van der Waals surface area (Å²) in [6.45, 7) is 2.49. The Labute approximate surface area is 207 Å². The van der Waals surface area contributed by atoms with Crippen molar-refractivity contribution in [1.82, 2.24) is 9.78 Å². The third-order valence-corrected chi connectivity index (χ3v) is 6.36. The van der Waals surface area contributed by atoms with Crippen molar-refractivity contribution < 1.29 is 34.7 Å². The molecule has 186 valence electrons. The van der Waals surface area contributed by atoms with Gasteiger partial charge in [0.25, 0.3) is 0 Å². The highest BCUT2D eigenvalue weighted by atomic mass is 35.5. The lowest BCUT2D eigenvalue weighted by atomic mass is 9.90. The third kappa shape index (κ3) is 5.66. The molecule has 0 saturated carbocycles. The summed E-state index contributed by atoms with van der Waals surface area (Å²) in [6.07, 6.45) is -3.11. The fourth-order valence-corrected chi connectivity index (χ4v) is 4.32. The largest absolute Gasteiger partial charge is 0.494 e. The quantitative estimate of drug-likeness (QED) is 0.369. The molecule has 10 heteroatoms. The standard InChI is InChI=1S/C25H27ClN2O7/c1-2-34-18-6-3-14(4-7-18)9-16-10-15(5-8-19(16)26)24-23(31)22(30)21(29)20(35-24)13-28-12-17(11-27-28)25(32)33/h3-8,10-12,20-24,29-31H,2,9,13H2,1H3,(H,32,33)/t20-,21-,22+,23-,24+/m1/s1. The van der Waals surface area contributed by atoms with Crippen LogP contribution in [-0.2, 0) is 17.7 Å². The zero-order chi connectivity index (χ0) is 25.1. The van der Waals surface area contributed by atoms with Gasteiger partial charge in [0.1, 0.15) is 36.3 Å². The Morgan fingerprint density at radius 3 is 2.51 bits per heavy atom. The van der Waals surface area contributed by atoms with Crippen molar-refractivity contribution in [3.8, 4) is 5.75 Å². The first-order valence-electron chi connectivity index (χ1n) is 11.2. The molecule has 0 amide bonds.